The monoisotopic (exact) mass is 316 g/mol. The van der Waals surface area contributed by atoms with E-state index >= 15 is 0 Å². The van der Waals surface area contributed by atoms with E-state index in [1.54, 1.807) is 0 Å². The normalized spacial score (nSPS) is 30.9. The number of ether oxygens (including phenoxy) is 1. The maximum Gasteiger partial charge on any atom is 0.248 e. The molecule has 3 rings (SSSR count). The van der Waals surface area contributed by atoms with Crippen molar-refractivity contribution in [1.82, 2.24) is 9.21 Å². The van der Waals surface area contributed by atoms with Crippen LogP contribution in [0.3, 0.4) is 0 Å². The minimum Gasteiger partial charge on any atom is -0.363 e. The Hall–Kier alpha value is -0.660. The molecule has 0 N–H and O–H groups in total. The summed E-state index contributed by atoms with van der Waals surface area (Å²) in [6.07, 6.45) is 5.00. The van der Waals surface area contributed by atoms with E-state index in [9.17, 15) is 13.2 Å². The molecule has 1 aliphatic carbocycles. The van der Waals surface area contributed by atoms with Gasteiger partial charge in [0, 0.05) is 19.6 Å². The number of piperidine rings is 1. The maximum atomic E-state index is 12.1. The van der Waals surface area contributed by atoms with Gasteiger partial charge < -0.3 is 9.64 Å². The van der Waals surface area contributed by atoms with Gasteiger partial charge in [0.25, 0.3) is 0 Å². The van der Waals surface area contributed by atoms with Crippen LogP contribution in [0.15, 0.2) is 0 Å². The molecule has 1 spiro atoms. The maximum absolute atomic E-state index is 12.1. The minimum absolute atomic E-state index is 0.0288. The van der Waals surface area contributed by atoms with Crippen molar-refractivity contribution in [1.29, 1.82) is 0 Å². The SMILES string of the molecule is CC1N(CC2CC2)C(=O)COC12CCN(S(C)(=O)=O)CC2. The summed E-state index contributed by atoms with van der Waals surface area (Å²) in [5.41, 5.74) is -0.371. The third-order valence-electron chi connectivity index (χ3n) is 5.22. The predicted molar refractivity (Wildman–Crippen MR) is 78.2 cm³/mol. The fourth-order valence-corrected chi connectivity index (χ4v) is 4.35. The van der Waals surface area contributed by atoms with Gasteiger partial charge >= 0.3 is 0 Å². The van der Waals surface area contributed by atoms with E-state index in [4.69, 9.17) is 4.74 Å². The van der Waals surface area contributed by atoms with Gasteiger partial charge in [-0.2, -0.15) is 0 Å². The van der Waals surface area contributed by atoms with Crippen LogP contribution in [-0.4, -0.2) is 67.7 Å². The molecule has 0 radical (unpaired) electrons. The number of hydrogen-bond acceptors (Lipinski definition) is 4. The smallest absolute Gasteiger partial charge is 0.248 e. The van der Waals surface area contributed by atoms with Crippen LogP contribution in [-0.2, 0) is 19.6 Å². The van der Waals surface area contributed by atoms with Crippen LogP contribution >= 0.6 is 0 Å². The van der Waals surface area contributed by atoms with Gasteiger partial charge in [-0.15, -0.1) is 0 Å². The molecular weight excluding hydrogens is 292 g/mol. The van der Waals surface area contributed by atoms with Crippen LogP contribution in [0.25, 0.3) is 0 Å². The minimum atomic E-state index is -3.13. The second-order valence-electron chi connectivity index (χ2n) is 6.68. The van der Waals surface area contributed by atoms with Crippen molar-refractivity contribution < 1.29 is 17.9 Å². The lowest BCUT2D eigenvalue weighted by Crippen LogP contribution is -2.64. The van der Waals surface area contributed by atoms with E-state index in [2.05, 4.69) is 6.92 Å². The van der Waals surface area contributed by atoms with Crippen LogP contribution in [0.2, 0.25) is 0 Å². The number of sulfonamides is 1. The molecule has 120 valence electrons. The highest BCUT2D eigenvalue weighted by molar-refractivity contribution is 7.88. The molecular formula is C14H24N2O4S. The number of nitrogens with zero attached hydrogens (tertiary/aromatic N) is 2. The van der Waals surface area contributed by atoms with Gasteiger partial charge in [0.05, 0.1) is 17.9 Å². The van der Waals surface area contributed by atoms with Gasteiger partial charge in [0.1, 0.15) is 6.61 Å². The Morgan fingerprint density at radius 1 is 1.29 bits per heavy atom. The quantitative estimate of drug-likeness (QED) is 0.758. The van der Waals surface area contributed by atoms with Crippen LogP contribution < -0.4 is 0 Å². The Kier molecular flexibility index (Phi) is 3.78. The Morgan fingerprint density at radius 2 is 1.90 bits per heavy atom. The molecule has 1 saturated carbocycles. The van der Waals surface area contributed by atoms with Gasteiger partial charge in [0.2, 0.25) is 15.9 Å². The summed E-state index contributed by atoms with van der Waals surface area (Å²) in [6, 6.07) is 0.0288. The molecule has 3 aliphatic rings. The largest absolute Gasteiger partial charge is 0.363 e. The van der Waals surface area contributed by atoms with Crippen molar-refractivity contribution in [3.8, 4) is 0 Å². The third-order valence-corrected chi connectivity index (χ3v) is 6.53. The topological polar surface area (TPSA) is 66.9 Å². The zero-order chi connectivity index (χ0) is 15.3. The molecule has 2 saturated heterocycles. The molecule has 1 unspecified atom stereocenters. The zero-order valence-electron chi connectivity index (χ0n) is 12.7. The van der Waals surface area contributed by atoms with Gasteiger partial charge in [0.15, 0.2) is 0 Å². The molecule has 2 heterocycles. The molecule has 7 heteroatoms. The molecule has 1 atom stereocenters. The summed E-state index contributed by atoms with van der Waals surface area (Å²) >= 11 is 0. The fraction of sp³-hybridized carbons (Fsp3) is 0.929. The van der Waals surface area contributed by atoms with Crippen molar-refractivity contribution in [2.45, 2.75) is 44.2 Å². The third kappa shape index (κ3) is 2.96. The van der Waals surface area contributed by atoms with Crippen molar-refractivity contribution in [3.05, 3.63) is 0 Å². The van der Waals surface area contributed by atoms with Crippen molar-refractivity contribution >= 4 is 15.9 Å². The molecule has 0 aromatic carbocycles. The Bertz CT molecular complexity index is 521. The number of carbonyl (C=O) groups is 1. The van der Waals surface area contributed by atoms with E-state index in [1.165, 1.54) is 23.4 Å². The first kappa shape index (κ1) is 15.2. The summed E-state index contributed by atoms with van der Waals surface area (Å²) in [7, 11) is -3.13. The van der Waals surface area contributed by atoms with Crippen LogP contribution in [0, 0.1) is 5.92 Å². The van der Waals surface area contributed by atoms with E-state index in [-0.39, 0.29) is 24.2 Å². The van der Waals surface area contributed by atoms with Crippen LogP contribution in [0.1, 0.15) is 32.6 Å². The first-order valence-corrected chi connectivity index (χ1v) is 9.55. The standard InChI is InChI=1S/C14H24N2O4S/c1-11-14(5-7-15(8-6-14)21(2,18)19)20-10-13(17)16(11)9-12-3-4-12/h11-12H,3-10H2,1-2H3. The summed E-state index contributed by atoms with van der Waals surface area (Å²) in [4.78, 5) is 14.1. The molecule has 0 bridgehead atoms. The highest BCUT2D eigenvalue weighted by atomic mass is 32.2. The molecule has 0 aromatic heterocycles. The number of amides is 1. The molecule has 21 heavy (non-hydrogen) atoms. The highest BCUT2D eigenvalue weighted by Gasteiger charge is 2.49. The Morgan fingerprint density at radius 3 is 2.43 bits per heavy atom. The molecule has 6 nitrogen and oxygen atoms in total. The predicted octanol–water partition coefficient (Wildman–Crippen LogP) is 0.438. The van der Waals surface area contributed by atoms with Crippen LogP contribution in [0.4, 0.5) is 0 Å². The number of carbonyl (C=O) groups excluding carboxylic acids is 1. The van der Waals surface area contributed by atoms with Crippen molar-refractivity contribution in [2.75, 3.05) is 32.5 Å². The van der Waals surface area contributed by atoms with Gasteiger partial charge in [-0.1, -0.05) is 0 Å². The zero-order valence-corrected chi connectivity index (χ0v) is 13.6. The second-order valence-corrected chi connectivity index (χ2v) is 8.66. The first-order valence-electron chi connectivity index (χ1n) is 7.70. The first-order chi connectivity index (χ1) is 9.82. The number of morpholine rings is 1. The summed E-state index contributed by atoms with van der Waals surface area (Å²) in [6.45, 7) is 3.98. The average molecular weight is 316 g/mol. The van der Waals surface area contributed by atoms with E-state index in [0.717, 1.165) is 6.54 Å². The van der Waals surface area contributed by atoms with Crippen molar-refractivity contribution in [3.63, 3.8) is 0 Å². The molecule has 1 amide bonds. The molecule has 2 aliphatic heterocycles. The summed E-state index contributed by atoms with van der Waals surface area (Å²) in [5, 5.41) is 0. The molecule has 0 aromatic rings. The van der Waals surface area contributed by atoms with Gasteiger partial charge in [-0.3, -0.25) is 4.79 Å². The number of rotatable bonds is 3. The Labute approximate surface area is 126 Å². The van der Waals surface area contributed by atoms with Crippen LogP contribution in [0.5, 0.6) is 0 Å². The van der Waals surface area contributed by atoms with E-state index in [1.807, 2.05) is 4.90 Å². The lowest BCUT2D eigenvalue weighted by Gasteiger charge is -2.51. The molecule has 3 fully saturated rings. The summed E-state index contributed by atoms with van der Waals surface area (Å²) < 4.78 is 30.7. The van der Waals surface area contributed by atoms with E-state index in [0.29, 0.717) is 31.8 Å². The van der Waals surface area contributed by atoms with Crippen molar-refractivity contribution in [2.24, 2.45) is 5.92 Å². The number of hydrogen-bond donors (Lipinski definition) is 0. The lowest BCUT2D eigenvalue weighted by atomic mass is 9.83. The fourth-order valence-electron chi connectivity index (χ4n) is 3.51. The average Bonchev–Trinajstić information content (AvgIpc) is 3.23. The van der Waals surface area contributed by atoms with Gasteiger partial charge in [-0.05, 0) is 38.5 Å². The Balaban J connectivity index is 1.71. The highest BCUT2D eigenvalue weighted by Crippen LogP contribution is 2.38. The summed E-state index contributed by atoms with van der Waals surface area (Å²) in [5.74, 6) is 0.730. The van der Waals surface area contributed by atoms with Gasteiger partial charge in [-0.25, -0.2) is 12.7 Å². The second kappa shape index (κ2) is 5.21. The van der Waals surface area contributed by atoms with E-state index < -0.39 is 10.0 Å². The lowest BCUT2D eigenvalue weighted by molar-refractivity contribution is -0.184.